The number of halogens is 3. The molecule has 0 radical (unpaired) electrons. The fourth-order valence-electron chi connectivity index (χ4n) is 3.61. The van der Waals surface area contributed by atoms with Crippen LogP contribution in [-0.4, -0.2) is 36.2 Å². The fraction of sp³-hybridized carbons (Fsp3) is 0.467. The number of rotatable bonds is 2. The van der Waals surface area contributed by atoms with Gasteiger partial charge in [0.15, 0.2) is 0 Å². The first-order chi connectivity index (χ1) is 10.7. The molecule has 3 heterocycles. The van der Waals surface area contributed by atoms with E-state index in [1.807, 2.05) is 12.2 Å². The number of hydrogen-bond acceptors (Lipinski definition) is 3. The van der Waals surface area contributed by atoms with Gasteiger partial charge in [-0.1, -0.05) is 24.3 Å². The van der Waals surface area contributed by atoms with Crippen molar-refractivity contribution in [1.29, 1.82) is 0 Å². The van der Waals surface area contributed by atoms with Crippen molar-refractivity contribution in [1.82, 2.24) is 4.31 Å². The summed E-state index contributed by atoms with van der Waals surface area (Å²) in [6, 6.07) is 4.58. The van der Waals surface area contributed by atoms with Gasteiger partial charge >= 0.3 is 6.18 Å². The lowest BCUT2D eigenvalue weighted by atomic mass is 9.94. The standard InChI is InChI=1S/C15H14F3NO3S/c16-15(17,18)11-3-1-10(2-4-11)8-19-9-14-6-5-12(22-14)7-13(14)23(19,20)21/h1-6,12-13H,7-9H2/t12-,13-,14-/m0/s1. The van der Waals surface area contributed by atoms with E-state index in [0.29, 0.717) is 12.0 Å². The van der Waals surface area contributed by atoms with Gasteiger partial charge in [-0.05, 0) is 24.1 Å². The van der Waals surface area contributed by atoms with E-state index in [1.54, 1.807) is 0 Å². The summed E-state index contributed by atoms with van der Waals surface area (Å²) in [6.45, 7) is 0.272. The molecule has 3 atom stereocenters. The minimum atomic E-state index is -4.40. The Labute approximate surface area is 131 Å². The predicted octanol–water partition coefficient (Wildman–Crippen LogP) is 2.32. The maximum Gasteiger partial charge on any atom is 0.416 e. The van der Waals surface area contributed by atoms with Crippen molar-refractivity contribution in [2.45, 2.75) is 36.1 Å². The summed E-state index contributed by atoms with van der Waals surface area (Å²) in [6.07, 6.45) is -0.388. The second-order valence-electron chi connectivity index (χ2n) is 6.20. The Hall–Kier alpha value is -1.38. The fourth-order valence-corrected chi connectivity index (χ4v) is 5.83. The molecule has 3 aliphatic heterocycles. The van der Waals surface area contributed by atoms with Crippen LogP contribution in [0.15, 0.2) is 36.4 Å². The first-order valence-corrected chi connectivity index (χ1v) is 8.73. The molecule has 23 heavy (non-hydrogen) atoms. The third-order valence-electron chi connectivity index (χ3n) is 4.74. The zero-order valence-electron chi connectivity index (χ0n) is 12.0. The van der Waals surface area contributed by atoms with Crippen LogP contribution in [0.5, 0.6) is 0 Å². The van der Waals surface area contributed by atoms with Gasteiger partial charge in [-0.15, -0.1) is 0 Å². The summed E-state index contributed by atoms with van der Waals surface area (Å²) in [5.74, 6) is 0. The number of fused-ring (bicyclic) bond motifs is 1. The number of sulfonamides is 1. The molecule has 124 valence electrons. The second kappa shape index (κ2) is 4.58. The Morgan fingerprint density at radius 3 is 2.52 bits per heavy atom. The van der Waals surface area contributed by atoms with Crippen LogP contribution in [0.1, 0.15) is 17.5 Å². The molecule has 2 bridgehead atoms. The molecule has 0 aliphatic carbocycles. The number of benzene rings is 1. The lowest BCUT2D eigenvalue weighted by Crippen LogP contribution is -2.36. The average Bonchev–Trinajstić information content (AvgIpc) is 3.09. The van der Waals surface area contributed by atoms with Crippen LogP contribution < -0.4 is 0 Å². The van der Waals surface area contributed by atoms with Crippen molar-refractivity contribution >= 4 is 10.0 Å². The summed E-state index contributed by atoms with van der Waals surface area (Å²) in [5.41, 5.74) is -1.00. The van der Waals surface area contributed by atoms with Crippen molar-refractivity contribution in [3.63, 3.8) is 0 Å². The SMILES string of the molecule is O=S1(=O)[C@H]2C[C@@H]3C=C[C@@]2(CN1Cc1ccc(C(F)(F)F)cc1)O3. The van der Waals surface area contributed by atoms with Crippen molar-refractivity contribution in [3.05, 3.63) is 47.5 Å². The maximum atomic E-state index is 12.6. The van der Waals surface area contributed by atoms with E-state index in [2.05, 4.69) is 0 Å². The molecule has 2 fully saturated rings. The molecule has 8 heteroatoms. The van der Waals surface area contributed by atoms with Gasteiger partial charge in [-0.3, -0.25) is 0 Å². The third-order valence-corrected chi connectivity index (χ3v) is 7.03. The lowest BCUT2D eigenvalue weighted by molar-refractivity contribution is -0.137. The lowest BCUT2D eigenvalue weighted by Gasteiger charge is -2.19. The molecule has 4 nitrogen and oxygen atoms in total. The average molecular weight is 345 g/mol. The highest BCUT2D eigenvalue weighted by molar-refractivity contribution is 7.90. The van der Waals surface area contributed by atoms with E-state index in [4.69, 9.17) is 4.74 Å². The van der Waals surface area contributed by atoms with Crippen LogP contribution in [-0.2, 0) is 27.5 Å². The van der Waals surface area contributed by atoms with E-state index in [9.17, 15) is 21.6 Å². The number of ether oxygens (including phenoxy) is 1. The molecule has 3 aliphatic rings. The highest BCUT2D eigenvalue weighted by Crippen LogP contribution is 2.48. The first kappa shape index (κ1) is 15.2. The Morgan fingerprint density at radius 2 is 1.96 bits per heavy atom. The Balaban J connectivity index is 1.57. The summed E-state index contributed by atoms with van der Waals surface area (Å²) in [4.78, 5) is 0. The molecular formula is C15H14F3NO3S. The Kier molecular flexibility index (Phi) is 3.02. The minimum Gasteiger partial charge on any atom is -0.361 e. The van der Waals surface area contributed by atoms with Crippen LogP contribution in [0, 0.1) is 0 Å². The van der Waals surface area contributed by atoms with Crippen molar-refractivity contribution in [2.24, 2.45) is 0 Å². The quantitative estimate of drug-likeness (QED) is 0.773. The van der Waals surface area contributed by atoms with E-state index in [0.717, 1.165) is 12.1 Å². The maximum absolute atomic E-state index is 12.6. The van der Waals surface area contributed by atoms with E-state index < -0.39 is 32.6 Å². The smallest absolute Gasteiger partial charge is 0.361 e. The molecule has 1 aromatic rings. The van der Waals surface area contributed by atoms with Gasteiger partial charge in [0.1, 0.15) is 10.9 Å². The van der Waals surface area contributed by atoms with E-state index in [-0.39, 0.29) is 19.2 Å². The third kappa shape index (κ3) is 2.23. The molecule has 0 saturated carbocycles. The first-order valence-electron chi connectivity index (χ1n) is 7.23. The molecule has 1 aromatic carbocycles. The van der Waals surface area contributed by atoms with Gasteiger partial charge in [0.05, 0.1) is 11.7 Å². The molecule has 0 aromatic heterocycles. The van der Waals surface area contributed by atoms with Gasteiger partial charge in [0.2, 0.25) is 10.0 Å². The van der Waals surface area contributed by atoms with Crippen LogP contribution in [0.25, 0.3) is 0 Å². The molecular weight excluding hydrogens is 331 g/mol. The summed E-state index contributed by atoms with van der Waals surface area (Å²) < 4.78 is 70.0. The summed E-state index contributed by atoms with van der Waals surface area (Å²) >= 11 is 0. The van der Waals surface area contributed by atoms with Crippen molar-refractivity contribution in [3.8, 4) is 0 Å². The van der Waals surface area contributed by atoms with Gasteiger partial charge in [0, 0.05) is 13.1 Å². The van der Waals surface area contributed by atoms with Gasteiger partial charge in [0.25, 0.3) is 0 Å². The van der Waals surface area contributed by atoms with Crippen molar-refractivity contribution in [2.75, 3.05) is 6.54 Å². The zero-order chi connectivity index (χ0) is 16.5. The van der Waals surface area contributed by atoms with Crippen LogP contribution in [0.4, 0.5) is 13.2 Å². The van der Waals surface area contributed by atoms with Gasteiger partial charge < -0.3 is 4.74 Å². The molecule has 2 saturated heterocycles. The van der Waals surface area contributed by atoms with Crippen LogP contribution in [0.3, 0.4) is 0 Å². The summed E-state index contributed by atoms with van der Waals surface area (Å²) in [5, 5.41) is -0.584. The largest absolute Gasteiger partial charge is 0.416 e. The number of nitrogens with zero attached hydrogens (tertiary/aromatic N) is 1. The monoisotopic (exact) mass is 345 g/mol. The Morgan fingerprint density at radius 1 is 1.26 bits per heavy atom. The van der Waals surface area contributed by atoms with Crippen molar-refractivity contribution < 1.29 is 26.3 Å². The Bertz CT molecular complexity index is 772. The normalized spacial score (nSPS) is 34.9. The second-order valence-corrected chi connectivity index (χ2v) is 8.32. The van der Waals surface area contributed by atoms with E-state index in [1.165, 1.54) is 16.4 Å². The number of hydrogen-bond donors (Lipinski definition) is 0. The van der Waals surface area contributed by atoms with E-state index >= 15 is 0 Å². The van der Waals surface area contributed by atoms with Gasteiger partial charge in [-0.2, -0.15) is 17.5 Å². The number of alkyl halides is 3. The molecule has 4 rings (SSSR count). The van der Waals surface area contributed by atoms with Crippen LogP contribution in [0.2, 0.25) is 0 Å². The van der Waals surface area contributed by atoms with Gasteiger partial charge in [-0.25, -0.2) is 8.42 Å². The summed E-state index contributed by atoms with van der Waals surface area (Å²) in [7, 11) is -3.51. The molecule has 0 amide bonds. The highest BCUT2D eigenvalue weighted by Gasteiger charge is 2.63. The molecule has 0 N–H and O–H groups in total. The predicted molar refractivity (Wildman–Crippen MR) is 75.9 cm³/mol. The topological polar surface area (TPSA) is 46.6 Å². The highest BCUT2D eigenvalue weighted by atomic mass is 32.2. The zero-order valence-corrected chi connectivity index (χ0v) is 12.8. The minimum absolute atomic E-state index is 0.0561. The molecule has 0 unspecified atom stereocenters. The molecule has 1 spiro atoms. The van der Waals surface area contributed by atoms with Crippen LogP contribution >= 0.6 is 0 Å².